The molecule has 0 atom stereocenters. The van der Waals surface area contributed by atoms with Gasteiger partial charge in [0.05, 0.1) is 26.7 Å². The Kier molecular flexibility index (Phi) is 10.7. The van der Waals surface area contributed by atoms with Gasteiger partial charge in [-0.3, -0.25) is 14.3 Å². The number of amidine groups is 1. The second-order valence-corrected chi connectivity index (χ2v) is 15.6. The van der Waals surface area contributed by atoms with E-state index in [-0.39, 0.29) is 5.43 Å². The molecule has 6 aromatic carbocycles. The number of benzene rings is 6. The second-order valence-electron chi connectivity index (χ2n) is 14.6. The zero-order valence-corrected chi connectivity index (χ0v) is 31.9. The van der Waals surface area contributed by atoms with Gasteiger partial charge in [-0.2, -0.15) is 21.9 Å². The molecule has 7 aromatic rings. The van der Waals surface area contributed by atoms with Crippen molar-refractivity contribution in [3.05, 3.63) is 174 Å². The molecule has 270 valence electrons. The Morgan fingerprint density at radius 2 is 1.17 bits per heavy atom. The molecule has 0 amide bonds. The third-order valence-electron chi connectivity index (χ3n) is 11.4. The maximum atomic E-state index is 13.2. The normalized spacial score (nSPS) is 14.6. The smallest absolute Gasteiger partial charge is 0.247 e. The summed E-state index contributed by atoms with van der Waals surface area (Å²) in [5.74, 6) is 2.27. The van der Waals surface area contributed by atoms with Crippen molar-refractivity contribution < 1.29 is 9.31 Å². The third-order valence-corrected chi connectivity index (χ3v) is 12.7. The fourth-order valence-electron chi connectivity index (χ4n) is 8.91. The number of rotatable bonds is 7. The summed E-state index contributed by atoms with van der Waals surface area (Å²) in [6, 6.07) is 55.5. The summed E-state index contributed by atoms with van der Waals surface area (Å²) in [5, 5.41) is 1.58. The Hall–Kier alpha value is -5.46. The minimum atomic E-state index is -1.22. The first-order valence-corrected chi connectivity index (χ1v) is 20.2. The lowest BCUT2D eigenvalue weighted by atomic mass is 9.13. The van der Waals surface area contributed by atoms with Crippen molar-refractivity contribution in [1.82, 2.24) is 4.90 Å². The molecule has 54 heavy (non-hydrogen) atoms. The highest BCUT2D eigenvalue weighted by molar-refractivity contribution is 7.24. The molecule has 2 aliphatic heterocycles. The topological polar surface area (TPSA) is 32.5 Å². The first kappa shape index (κ1) is 35.6. The first-order valence-electron chi connectivity index (χ1n) is 19.4. The van der Waals surface area contributed by atoms with Crippen molar-refractivity contribution in [2.45, 2.75) is 38.6 Å². The second kappa shape index (κ2) is 16.3. The summed E-state index contributed by atoms with van der Waals surface area (Å²) in [5.41, 5.74) is 6.66. The summed E-state index contributed by atoms with van der Waals surface area (Å²) in [7, 11) is 1.68. The Bertz CT molecular complexity index is 2270. The van der Waals surface area contributed by atoms with Gasteiger partial charge >= 0.3 is 0 Å². The molecular weight excluding hydrogens is 679 g/mol. The van der Waals surface area contributed by atoms with Gasteiger partial charge < -0.3 is 4.74 Å². The summed E-state index contributed by atoms with van der Waals surface area (Å²) in [6.07, 6.45) is 5.05. The van der Waals surface area contributed by atoms with E-state index in [9.17, 15) is 4.79 Å². The molecule has 0 N–H and O–H groups in total. The number of fused-ring (bicyclic) bond motifs is 2. The predicted octanol–water partition coefficient (Wildman–Crippen LogP) is 7.68. The molecule has 4 nitrogen and oxygen atoms in total. The molecule has 0 bridgehead atoms. The van der Waals surface area contributed by atoms with Crippen molar-refractivity contribution in [3.63, 3.8) is 0 Å². The van der Waals surface area contributed by atoms with E-state index < -0.39 is 6.15 Å². The molecule has 0 unspecified atom stereocenters. The largest absolute Gasteiger partial charge is 0.497 e. The van der Waals surface area contributed by atoms with E-state index in [0.29, 0.717) is 0 Å². The maximum absolute atomic E-state index is 13.2. The Morgan fingerprint density at radius 3 is 1.74 bits per heavy atom. The third kappa shape index (κ3) is 6.99. The van der Waals surface area contributed by atoms with Gasteiger partial charge in [0.2, 0.25) is 5.84 Å². The minimum absolute atomic E-state index is 0.108. The molecule has 0 fully saturated rings. The van der Waals surface area contributed by atoms with E-state index in [1.807, 2.05) is 24.3 Å². The molecule has 0 spiro atoms. The van der Waals surface area contributed by atoms with Gasteiger partial charge in [0.25, 0.3) is 0 Å². The molecule has 0 radical (unpaired) electrons. The molecule has 6 heteroatoms. The van der Waals surface area contributed by atoms with Crippen LogP contribution in [0.1, 0.15) is 37.7 Å². The van der Waals surface area contributed by atoms with E-state index in [1.165, 1.54) is 78.4 Å². The first-order chi connectivity index (χ1) is 26.7. The number of hydrogen-bond donors (Lipinski definition) is 0. The van der Waals surface area contributed by atoms with Gasteiger partial charge in [-0.15, -0.1) is 11.3 Å². The van der Waals surface area contributed by atoms with Crippen LogP contribution >= 0.6 is 11.3 Å². The number of hydrogen-bond acceptors (Lipinski definition) is 4. The van der Waals surface area contributed by atoms with Gasteiger partial charge in [-0.25, -0.2) is 0 Å². The van der Waals surface area contributed by atoms with Crippen LogP contribution in [0.2, 0.25) is 0 Å². The van der Waals surface area contributed by atoms with Crippen LogP contribution in [0.3, 0.4) is 0 Å². The number of ether oxygens (including phenoxy) is 1. The quantitative estimate of drug-likeness (QED) is 0.0961. The molecule has 1 aromatic heterocycles. The van der Waals surface area contributed by atoms with E-state index in [4.69, 9.17) is 4.74 Å². The molecule has 0 saturated carbocycles. The average Bonchev–Trinajstić information content (AvgIpc) is 3.50. The number of methoxy groups -OCH3 is 1. The lowest BCUT2D eigenvalue weighted by Crippen LogP contribution is -2.74. The average molecular weight is 727 g/mol. The molecule has 9 rings (SSSR count). The van der Waals surface area contributed by atoms with Crippen molar-refractivity contribution in [2.24, 2.45) is 0 Å². The highest BCUT2D eigenvalue weighted by Gasteiger charge is 2.32. The van der Waals surface area contributed by atoms with Gasteiger partial charge in [0.1, 0.15) is 18.4 Å². The van der Waals surface area contributed by atoms with E-state index >= 15 is 0 Å². The summed E-state index contributed by atoms with van der Waals surface area (Å²) >= 11 is 1.73. The highest BCUT2D eigenvalue weighted by Crippen LogP contribution is 2.32. The van der Waals surface area contributed by atoms with E-state index in [0.717, 1.165) is 39.0 Å². The van der Waals surface area contributed by atoms with Crippen molar-refractivity contribution >= 4 is 65.3 Å². The van der Waals surface area contributed by atoms with Crippen LogP contribution in [0.5, 0.6) is 5.75 Å². The Balaban J connectivity index is 0.000000155. The van der Waals surface area contributed by atoms with E-state index in [1.54, 1.807) is 18.4 Å². The minimum Gasteiger partial charge on any atom is -0.497 e. The van der Waals surface area contributed by atoms with Crippen LogP contribution in [0, 0.1) is 0 Å². The SMILES string of the molecule is COc1cc(CN2CCC[N+]3=C2CCCCC3)c2sc3ccccc3c(=O)c2c1.c1ccc([B-](c2ccccc2)(c2ccccc2)c2ccccc2)cc1. The monoisotopic (exact) mass is 726 g/mol. The van der Waals surface area contributed by atoms with Crippen LogP contribution in [0.4, 0.5) is 0 Å². The van der Waals surface area contributed by atoms with Crippen LogP contribution in [0.15, 0.2) is 163 Å². The van der Waals surface area contributed by atoms with Gasteiger partial charge in [0, 0.05) is 38.6 Å². The maximum Gasteiger partial charge on any atom is 0.247 e. The summed E-state index contributed by atoms with van der Waals surface area (Å²) in [4.78, 5) is 15.7. The molecule has 0 aliphatic carbocycles. The lowest BCUT2D eigenvalue weighted by molar-refractivity contribution is -0.539. The van der Waals surface area contributed by atoms with Crippen LogP contribution < -0.4 is 32.0 Å². The predicted molar refractivity (Wildman–Crippen MR) is 231 cm³/mol. The van der Waals surface area contributed by atoms with Crippen molar-refractivity contribution in [3.8, 4) is 5.75 Å². The Labute approximate surface area is 322 Å². The van der Waals surface area contributed by atoms with Gasteiger partial charge in [0.15, 0.2) is 5.43 Å². The summed E-state index contributed by atoms with van der Waals surface area (Å²) < 4.78 is 10.3. The number of nitrogens with zero attached hydrogens (tertiary/aromatic N) is 2. The Morgan fingerprint density at radius 1 is 0.630 bits per heavy atom. The van der Waals surface area contributed by atoms with Crippen LogP contribution in [-0.4, -0.2) is 48.2 Å². The van der Waals surface area contributed by atoms with Crippen molar-refractivity contribution in [1.29, 1.82) is 0 Å². The van der Waals surface area contributed by atoms with Crippen molar-refractivity contribution in [2.75, 3.05) is 26.7 Å². The summed E-state index contributed by atoms with van der Waals surface area (Å²) in [6.45, 7) is 4.30. The zero-order chi connectivity index (χ0) is 36.7. The molecule has 0 saturated heterocycles. The molecule has 2 aliphatic rings. The van der Waals surface area contributed by atoms with Crippen LogP contribution in [-0.2, 0) is 6.54 Å². The molecular formula is C48H47BN2O2S. The van der Waals surface area contributed by atoms with Crippen LogP contribution in [0.25, 0.3) is 20.2 Å². The van der Waals surface area contributed by atoms with Gasteiger partial charge in [-0.1, -0.05) is 133 Å². The lowest BCUT2D eigenvalue weighted by Gasteiger charge is -2.44. The zero-order valence-electron chi connectivity index (χ0n) is 31.1. The molecule has 3 heterocycles. The fraction of sp³-hybridized carbons (Fsp3) is 0.208. The fourth-order valence-corrected chi connectivity index (χ4v) is 10.1. The van der Waals surface area contributed by atoms with E-state index in [2.05, 4.69) is 143 Å². The van der Waals surface area contributed by atoms with Gasteiger partial charge in [-0.05, 0) is 43.5 Å². The highest BCUT2D eigenvalue weighted by atomic mass is 32.1. The standard InChI is InChI=1S/C24H20B.C24H27N2O2S/c1-5-13-21(14-6-1)25(22-15-7-2-8-16-22,23-17-9-3-10-18-23)24-19-11-4-12-20-24;1-28-18-14-17(16-26-13-7-12-25-11-6-2-3-10-22(25)26)24-20(15-18)23(27)19-8-4-5-9-21(19)29-24/h1-20H;4-5,8-9,14-15H,2-3,6-7,10-13,16H2,1H3/q-1;+1.